The van der Waals surface area contributed by atoms with Crippen molar-refractivity contribution in [2.24, 2.45) is 0 Å². The van der Waals surface area contributed by atoms with Gasteiger partial charge >= 0.3 is 14.0 Å². The average molecular weight is 945 g/mol. The maximum atomic E-state index is 4.86. The molecule has 7 aliphatic rings. The summed E-state index contributed by atoms with van der Waals surface area (Å²) in [6.07, 6.45) is 11.7. The molecule has 6 aliphatic heterocycles. The zero-order valence-corrected chi connectivity index (χ0v) is 44.3. The predicted molar refractivity (Wildman–Crippen MR) is 312 cm³/mol. The summed E-state index contributed by atoms with van der Waals surface area (Å²) in [7, 11) is 0. The normalized spacial score (nSPS) is 18.6. The van der Waals surface area contributed by atoms with E-state index in [4.69, 9.17) is 6.58 Å². The van der Waals surface area contributed by atoms with Crippen molar-refractivity contribution in [3.05, 3.63) is 230 Å². The number of aryl methyl sites for hydroxylation is 6. The molecule has 0 spiro atoms. The summed E-state index contributed by atoms with van der Waals surface area (Å²) in [5, 5.41) is 0. The van der Waals surface area contributed by atoms with Crippen LogP contribution in [-0.4, -0.2) is 14.0 Å². The maximum Gasteiger partial charge on any atom is 0.421 e. The zero-order chi connectivity index (χ0) is 50.3. The van der Waals surface area contributed by atoms with Gasteiger partial charge in [-0.1, -0.05) is 155 Å². The van der Waals surface area contributed by atoms with Gasteiger partial charge in [0.15, 0.2) is 0 Å². The van der Waals surface area contributed by atoms with Crippen LogP contribution in [0.15, 0.2) is 168 Å². The minimum Gasteiger partial charge on any atom is -0.360 e. The summed E-state index contributed by atoms with van der Waals surface area (Å²) >= 11 is 0. The minimum absolute atomic E-state index is 0.0601. The molecule has 73 heavy (non-hydrogen) atoms. The number of nitrogens with zero attached hydrogens (tertiary/aromatic N) is 4. The summed E-state index contributed by atoms with van der Waals surface area (Å²) in [5.74, 6) is 0. The van der Waals surface area contributed by atoms with E-state index < -0.39 is 0 Å². The molecule has 0 saturated carbocycles. The van der Waals surface area contributed by atoms with Crippen LogP contribution in [-0.2, 0) is 10.8 Å². The quantitative estimate of drug-likeness (QED) is 0.164. The molecule has 0 bridgehead atoms. The predicted octanol–water partition coefficient (Wildman–Crippen LogP) is 16.3. The molecule has 0 N–H and O–H groups in total. The lowest BCUT2D eigenvalue weighted by Crippen LogP contribution is -2.57. The molecule has 14 rings (SSSR count). The third-order valence-corrected chi connectivity index (χ3v) is 18.1. The summed E-state index contributed by atoms with van der Waals surface area (Å²) in [5.41, 5.74) is 35.8. The number of benzene rings is 7. The van der Waals surface area contributed by atoms with E-state index in [0.29, 0.717) is 0 Å². The molecule has 0 amide bonds. The van der Waals surface area contributed by atoms with Crippen LogP contribution in [0.3, 0.4) is 0 Å². The van der Waals surface area contributed by atoms with E-state index in [0.717, 1.165) is 18.4 Å². The Bertz CT molecular complexity index is 3800. The largest absolute Gasteiger partial charge is 0.421 e. The molecule has 4 nitrogen and oxygen atoms in total. The van der Waals surface area contributed by atoms with Crippen molar-refractivity contribution < 1.29 is 0 Å². The molecule has 0 aromatic heterocycles. The Labute approximate surface area is 433 Å². The monoisotopic (exact) mass is 945 g/mol. The number of anilines is 7. The van der Waals surface area contributed by atoms with Gasteiger partial charge in [0.2, 0.25) is 0 Å². The fourth-order valence-electron chi connectivity index (χ4n) is 15.0. The van der Waals surface area contributed by atoms with Crippen molar-refractivity contribution in [1.82, 2.24) is 0 Å². The van der Waals surface area contributed by atoms with Crippen LogP contribution in [0, 0.1) is 41.5 Å². The van der Waals surface area contributed by atoms with Crippen LogP contribution in [0.25, 0.3) is 27.8 Å². The molecule has 0 atom stereocenters. The smallest absolute Gasteiger partial charge is 0.360 e. The van der Waals surface area contributed by atoms with Crippen LogP contribution in [0.5, 0.6) is 0 Å². The van der Waals surface area contributed by atoms with E-state index >= 15 is 0 Å². The fourth-order valence-corrected chi connectivity index (χ4v) is 15.0. The zero-order valence-electron chi connectivity index (χ0n) is 44.3. The van der Waals surface area contributed by atoms with E-state index in [1.54, 1.807) is 0 Å². The average Bonchev–Trinajstić information content (AvgIpc) is 3.91. The highest BCUT2D eigenvalue weighted by Gasteiger charge is 2.63. The van der Waals surface area contributed by atoms with Crippen molar-refractivity contribution >= 4 is 64.8 Å². The Morgan fingerprint density at radius 2 is 1.12 bits per heavy atom. The van der Waals surface area contributed by atoms with Gasteiger partial charge in [0.1, 0.15) is 0 Å². The highest BCUT2D eigenvalue weighted by molar-refractivity contribution is 6.87. The molecule has 0 unspecified atom stereocenters. The van der Waals surface area contributed by atoms with E-state index in [2.05, 4.69) is 235 Å². The molecule has 0 saturated heterocycles. The maximum absolute atomic E-state index is 4.86. The molecule has 1 aliphatic carbocycles. The van der Waals surface area contributed by atoms with E-state index in [1.807, 2.05) is 0 Å². The molecule has 0 fully saturated rings. The topological polar surface area (TPSA) is 13.0 Å². The second-order valence-electron chi connectivity index (χ2n) is 23.2. The summed E-state index contributed by atoms with van der Waals surface area (Å²) in [6, 6.07) is 44.6. The molecule has 356 valence electrons. The van der Waals surface area contributed by atoms with Gasteiger partial charge in [0.25, 0.3) is 0 Å². The van der Waals surface area contributed by atoms with Gasteiger partial charge in [0, 0.05) is 55.9 Å². The Morgan fingerprint density at radius 3 is 1.74 bits per heavy atom. The van der Waals surface area contributed by atoms with Crippen LogP contribution < -0.4 is 24.7 Å². The van der Waals surface area contributed by atoms with Gasteiger partial charge < -0.3 is 19.2 Å². The third-order valence-electron chi connectivity index (χ3n) is 18.1. The number of hydrogen-bond acceptors (Lipinski definition) is 4. The SMILES string of the molecule is C=C(/C=C1/C2=C(CCC=C2)B2N(/C1=C/C)c1c3c(c4c5c1C(C)(C)c1cc(C)ccc1N5B1c5ccccc5-c5cc(-c6c(C)cccc6C)ccc5N14)C(C)(C)c1cc(C)ccc1N23)c1c(C)cccc1C. The van der Waals surface area contributed by atoms with E-state index in [9.17, 15) is 0 Å². The highest BCUT2D eigenvalue weighted by atomic mass is 15.4. The number of allylic oxidation sites excluding steroid dienone is 7. The van der Waals surface area contributed by atoms with Crippen LogP contribution >= 0.6 is 0 Å². The van der Waals surface area contributed by atoms with Gasteiger partial charge in [-0.3, -0.25) is 0 Å². The summed E-state index contributed by atoms with van der Waals surface area (Å²) in [6.45, 7) is 30.5. The first-order chi connectivity index (χ1) is 35.1. The third kappa shape index (κ3) is 5.65. The number of fused-ring (bicyclic) bond motifs is 18. The van der Waals surface area contributed by atoms with Crippen LogP contribution in [0.1, 0.15) is 109 Å². The van der Waals surface area contributed by atoms with Gasteiger partial charge in [-0.15, -0.1) is 0 Å². The first-order valence-electron chi connectivity index (χ1n) is 26.6. The molecular formula is C67H62B2N4. The van der Waals surface area contributed by atoms with Crippen LogP contribution in [0.2, 0.25) is 0 Å². The Balaban J connectivity index is 1.14. The van der Waals surface area contributed by atoms with Crippen molar-refractivity contribution in [1.29, 1.82) is 0 Å². The molecule has 7 aromatic rings. The van der Waals surface area contributed by atoms with Gasteiger partial charge in [-0.05, 0) is 169 Å². The second-order valence-corrected chi connectivity index (χ2v) is 23.2. The highest BCUT2D eigenvalue weighted by Crippen LogP contribution is 2.72. The Hall–Kier alpha value is -7.43. The van der Waals surface area contributed by atoms with Crippen LogP contribution in [0.4, 0.5) is 39.8 Å². The molecule has 6 heteroatoms. The fraction of sp³-hybridized carbons (Fsp3) is 0.224. The standard InChI is InChI=1S/C67H62B2N4/c1-13-54-48(36-44(8)58-40(4)20-18-21-41(58)5)46-24-14-16-26-52(46)68-70(54)62-60-65-63(61-64(62)72(68)56-31-28-38(2)34-50(56)67(61,11)12)71-55-33-30-45(59-42(6)22-19-23-43(59)7)37-49(55)47-25-15-17-27-53(47)69(71)73(65)57-32-29-39(3)35-51(57)66(60,9)10/h13-15,17-25,27-37H,8,16,26H2,1-7,9-12H3/b48-36-,54-13+. The lowest BCUT2D eigenvalue weighted by Gasteiger charge is -2.46. The van der Waals surface area contributed by atoms with Gasteiger partial charge in [0.05, 0.1) is 22.7 Å². The van der Waals surface area contributed by atoms with Crippen molar-refractivity contribution in [2.45, 2.75) is 99.8 Å². The van der Waals surface area contributed by atoms with E-state index in [1.165, 1.54) is 151 Å². The van der Waals surface area contributed by atoms with Crippen molar-refractivity contribution in [2.75, 3.05) is 19.2 Å². The first kappa shape index (κ1) is 44.3. The molecular weight excluding hydrogens is 882 g/mol. The lowest BCUT2D eigenvalue weighted by atomic mass is 9.55. The minimum atomic E-state index is -0.389. The van der Waals surface area contributed by atoms with E-state index in [-0.39, 0.29) is 24.8 Å². The Morgan fingerprint density at radius 1 is 0.575 bits per heavy atom. The molecule has 6 heterocycles. The van der Waals surface area contributed by atoms with Gasteiger partial charge in [-0.2, -0.15) is 0 Å². The second kappa shape index (κ2) is 15.1. The Kier molecular flexibility index (Phi) is 9.14. The number of hydrogen-bond donors (Lipinski definition) is 0. The molecule has 7 aromatic carbocycles. The number of rotatable bonds is 3. The molecule has 0 radical (unpaired) electrons. The van der Waals surface area contributed by atoms with Crippen molar-refractivity contribution in [3.63, 3.8) is 0 Å². The summed E-state index contributed by atoms with van der Waals surface area (Å²) < 4.78 is 0. The first-order valence-corrected chi connectivity index (χ1v) is 26.6. The summed E-state index contributed by atoms with van der Waals surface area (Å²) in [4.78, 5) is 11.2. The van der Waals surface area contributed by atoms with Gasteiger partial charge in [-0.25, -0.2) is 0 Å². The van der Waals surface area contributed by atoms with Crippen molar-refractivity contribution in [3.8, 4) is 22.3 Å². The lowest BCUT2D eigenvalue weighted by molar-refractivity contribution is 0.623.